The SMILES string of the molecule is Cc1nn(C)c(Cl)c1COC(=O)c1ccc(Br)c(N)c1. The highest BCUT2D eigenvalue weighted by Gasteiger charge is 2.15. The van der Waals surface area contributed by atoms with Crippen molar-refractivity contribution in [1.82, 2.24) is 9.78 Å². The minimum absolute atomic E-state index is 0.0767. The van der Waals surface area contributed by atoms with Gasteiger partial charge in [0.2, 0.25) is 0 Å². The zero-order valence-corrected chi connectivity index (χ0v) is 13.3. The summed E-state index contributed by atoms with van der Waals surface area (Å²) in [6.07, 6.45) is 0. The Morgan fingerprint density at radius 2 is 2.25 bits per heavy atom. The van der Waals surface area contributed by atoms with Gasteiger partial charge in [0.05, 0.1) is 11.3 Å². The average Bonchev–Trinajstić information content (AvgIpc) is 2.64. The van der Waals surface area contributed by atoms with Crippen LogP contribution >= 0.6 is 27.5 Å². The maximum atomic E-state index is 11.9. The van der Waals surface area contributed by atoms with E-state index in [0.717, 1.165) is 10.2 Å². The van der Waals surface area contributed by atoms with Crippen molar-refractivity contribution in [1.29, 1.82) is 0 Å². The van der Waals surface area contributed by atoms with Gasteiger partial charge in [0.25, 0.3) is 0 Å². The number of nitrogen functional groups attached to an aromatic ring is 1. The molecule has 0 unspecified atom stereocenters. The second-order valence-corrected chi connectivity index (χ2v) is 5.50. The molecule has 0 aliphatic carbocycles. The number of ether oxygens (including phenoxy) is 1. The van der Waals surface area contributed by atoms with E-state index in [1.54, 1.807) is 25.2 Å². The summed E-state index contributed by atoms with van der Waals surface area (Å²) in [7, 11) is 1.73. The Morgan fingerprint density at radius 1 is 1.55 bits per heavy atom. The van der Waals surface area contributed by atoms with Gasteiger partial charge in [-0.3, -0.25) is 4.68 Å². The fraction of sp³-hybridized carbons (Fsp3) is 0.231. The zero-order chi connectivity index (χ0) is 14.9. The molecule has 7 heteroatoms. The lowest BCUT2D eigenvalue weighted by molar-refractivity contribution is 0.0472. The maximum Gasteiger partial charge on any atom is 0.338 e. The highest BCUT2D eigenvalue weighted by molar-refractivity contribution is 9.10. The number of carbonyl (C=O) groups is 1. The minimum atomic E-state index is -0.455. The fourth-order valence-electron chi connectivity index (χ4n) is 1.73. The van der Waals surface area contributed by atoms with Gasteiger partial charge < -0.3 is 10.5 Å². The predicted octanol–water partition coefficient (Wildman–Crippen LogP) is 3.08. The van der Waals surface area contributed by atoms with Crippen molar-refractivity contribution in [2.75, 3.05) is 5.73 Å². The molecule has 0 saturated heterocycles. The quantitative estimate of drug-likeness (QED) is 0.676. The molecular weight excluding hydrogens is 346 g/mol. The summed E-state index contributed by atoms with van der Waals surface area (Å²) < 4.78 is 7.51. The Labute approximate surface area is 129 Å². The van der Waals surface area contributed by atoms with Gasteiger partial charge in [0.1, 0.15) is 11.8 Å². The van der Waals surface area contributed by atoms with Gasteiger partial charge in [-0.25, -0.2) is 4.79 Å². The summed E-state index contributed by atoms with van der Waals surface area (Å²) in [5, 5.41) is 4.62. The predicted molar refractivity (Wildman–Crippen MR) is 80.6 cm³/mol. The largest absolute Gasteiger partial charge is 0.457 e. The van der Waals surface area contributed by atoms with Crippen molar-refractivity contribution in [2.45, 2.75) is 13.5 Å². The van der Waals surface area contributed by atoms with Crippen LogP contribution in [0.15, 0.2) is 22.7 Å². The molecule has 1 aromatic carbocycles. The molecule has 0 atom stereocenters. The molecule has 2 rings (SSSR count). The summed E-state index contributed by atoms with van der Waals surface area (Å²) in [6, 6.07) is 4.90. The number of esters is 1. The van der Waals surface area contributed by atoms with Crippen LogP contribution in [0.2, 0.25) is 5.15 Å². The number of benzene rings is 1. The first-order chi connectivity index (χ1) is 9.40. The molecule has 20 heavy (non-hydrogen) atoms. The Morgan fingerprint density at radius 3 is 2.80 bits per heavy atom. The number of nitrogens with two attached hydrogens (primary N) is 1. The Hall–Kier alpha value is -1.53. The molecule has 0 bridgehead atoms. The first-order valence-electron chi connectivity index (χ1n) is 5.80. The van der Waals surface area contributed by atoms with Crippen LogP contribution in [0.1, 0.15) is 21.6 Å². The van der Waals surface area contributed by atoms with E-state index in [0.29, 0.717) is 22.0 Å². The molecule has 0 fully saturated rings. The number of anilines is 1. The number of rotatable bonds is 3. The number of aryl methyl sites for hydroxylation is 2. The van der Waals surface area contributed by atoms with Crippen molar-refractivity contribution in [2.24, 2.45) is 7.05 Å². The third kappa shape index (κ3) is 2.96. The fourth-order valence-corrected chi connectivity index (χ4v) is 2.21. The van der Waals surface area contributed by atoms with Crippen molar-refractivity contribution >= 4 is 39.2 Å². The molecule has 0 radical (unpaired) electrons. The van der Waals surface area contributed by atoms with Gasteiger partial charge in [-0.05, 0) is 41.1 Å². The zero-order valence-electron chi connectivity index (χ0n) is 11.0. The summed E-state index contributed by atoms with van der Waals surface area (Å²) in [4.78, 5) is 11.9. The molecule has 1 heterocycles. The number of carbonyl (C=O) groups excluding carboxylic acids is 1. The molecule has 0 spiro atoms. The van der Waals surface area contributed by atoms with Crippen LogP contribution in [0.3, 0.4) is 0 Å². The van der Waals surface area contributed by atoms with E-state index in [1.165, 1.54) is 4.68 Å². The van der Waals surface area contributed by atoms with Crippen LogP contribution in [0.4, 0.5) is 5.69 Å². The molecule has 0 saturated carbocycles. The van der Waals surface area contributed by atoms with Crippen molar-refractivity contribution in [3.63, 3.8) is 0 Å². The topological polar surface area (TPSA) is 70.1 Å². The number of halogens is 2. The third-order valence-electron chi connectivity index (χ3n) is 2.85. The van der Waals surface area contributed by atoms with Gasteiger partial charge in [-0.15, -0.1) is 0 Å². The van der Waals surface area contributed by atoms with E-state index in [1.807, 2.05) is 6.92 Å². The average molecular weight is 359 g/mol. The third-order valence-corrected chi connectivity index (χ3v) is 4.04. The maximum absolute atomic E-state index is 11.9. The Bertz CT molecular complexity index is 670. The van der Waals surface area contributed by atoms with Crippen molar-refractivity contribution in [3.8, 4) is 0 Å². The second kappa shape index (κ2) is 5.85. The standard InChI is InChI=1S/C13H13BrClN3O2/c1-7-9(12(15)18(2)17-7)6-20-13(19)8-3-4-10(14)11(16)5-8/h3-5H,6,16H2,1-2H3. The van der Waals surface area contributed by atoms with Crippen LogP contribution in [-0.4, -0.2) is 15.7 Å². The summed E-state index contributed by atoms with van der Waals surface area (Å²) in [5.41, 5.74) is 8.04. The van der Waals surface area contributed by atoms with Crippen molar-refractivity contribution < 1.29 is 9.53 Å². The van der Waals surface area contributed by atoms with E-state index in [-0.39, 0.29) is 6.61 Å². The monoisotopic (exact) mass is 357 g/mol. The molecule has 0 amide bonds. The van der Waals surface area contributed by atoms with E-state index >= 15 is 0 Å². The number of hydrogen-bond acceptors (Lipinski definition) is 4. The van der Waals surface area contributed by atoms with Crippen LogP contribution in [0, 0.1) is 6.92 Å². The lowest BCUT2D eigenvalue weighted by atomic mass is 10.2. The highest BCUT2D eigenvalue weighted by atomic mass is 79.9. The molecular formula is C13H13BrClN3O2. The molecule has 5 nitrogen and oxygen atoms in total. The first-order valence-corrected chi connectivity index (χ1v) is 6.97. The van der Waals surface area contributed by atoms with Crippen LogP contribution in [0.5, 0.6) is 0 Å². The molecule has 106 valence electrons. The first kappa shape index (κ1) is 14.9. The van der Waals surface area contributed by atoms with E-state index < -0.39 is 5.97 Å². The van der Waals surface area contributed by atoms with Gasteiger partial charge in [-0.1, -0.05) is 11.6 Å². The van der Waals surface area contributed by atoms with Gasteiger partial charge in [-0.2, -0.15) is 5.10 Å². The second-order valence-electron chi connectivity index (χ2n) is 4.29. The summed E-state index contributed by atoms with van der Waals surface area (Å²) >= 11 is 9.34. The number of aromatic nitrogens is 2. The summed E-state index contributed by atoms with van der Waals surface area (Å²) in [5.74, 6) is -0.455. The molecule has 2 aromatic rings. The molecule has 0 aliphatic heterocycles. The van der Waals surface area contributed by atoms with E-state index in [9.17, 15) is 4.79 Å². The smallest absolute Gasteiger partial charge is 0.338 e. The van der Waals surface area contributed by atoms with Crippen LogP contribution < -0.4 is 5.73 Å². The molecule has 0 aliphatic rings. The highest BCUT2D eigenvalue weighted by Crippen LogP contribution is 2.22. The Balaban J connectivity index is 2.10. The lowest BCUT2D eigenvalue weighted by Gasteiger charge is -2.06. The van der Waals surface area contributed by atoms with Crippen LogP contribution in [-0.2, 0) is 18.4 Å². The lowest BCUT2D eigenvalue weighted by Crippen LogP contribution is -2.06. The number of hydrogen-bond donors (Lipinski definition) is 1. The van der Waals surface area contributed by atoms with Gasteiger partial charge >= 0.3 is 5.97 Å². The van der Waals surface area contributed by atoms with Gasteiger partial charge in [0, 0.05) is 22.8 Å². The number of nitrogens with zero attached hydrogens (tertiary/aromatic N) is 2. The minimum Gasteiger partial charge on any atom is -0.457 e. The van der Waals surface area contributed by atoms with Crippen LogP contribution in [0.25, 0.3) is 0 Å². The van der Waals surface area contributed by atoms with E-state index in [2.05, 4.69) is 21.0 Å². The Kier molecular flexibility index (Phi) is 4.35. The van der Waals surface area contributed by atoms with Crippen molar-refractivity contribution in [3.05, 3.63) is 44.6 Å². The normalized spacial score (nSPS) is 10.6. The summed E-state index contributed by atoms with van der Waals surface area (Å²) in [6.45, 7) is 1.89. The van der Waals surface area contributed by atoms with Gasteiger partial charge in [0.15, 0.2) is 0 Å². The molecule has 1 aromatic heterocycles. The molecule has 2 N–H and O–H groups in total. The van der Waals surface area contributed by atoms with E-state index in [4.69, 9.17) is 22.1 Å².